The van der Waals surface area contributed by atoms with Crippen molar-refractivity contribution in [2.24, 2.45) is 0 Å². The first-order valence-electron chi connectivity index (χ1n) is 5.37. The van der Waals surface area contributed by atoms with Crippen molar-refractivity contribution in [1.29, 1.82) is 5.26 Å². The summed E-state index contributed by atoms with van der Waals surface area (Å²) >= 11 is 3.28. The summed E-state index contributed by atoms with van der Waals surface area (Å²) in [7, 11) is 0. The third-order valence-corrected chi connectivity index (χ3v) is 2.48. The number of carbonyl (C=O) groups is 1. The number of halogens is 1. The van der Waals surface area contributed by atoms with Crippen LogP contribution in [0.5, 0.6) is 0 Å². The highest BCUT2D eigenvalue weighted by molar-refractivity contribution is 9.10. The summed E-state index contributed by atoms with van der Waals surface area (Å²) < 4.78 is 0.800. The van der Waals surface area contributed by atoms with Crippen LogP contribution in [0, 0.1) is 11.3 Å². The molecule has 1 aromatic carbocycles. The van der Waals surface area contributed by atoms with Gasteiger partial charge in [0.05, 0.1) is 12.7 Å². The van der Waals surface area contributed by atoms with Crippen molar-refractivity contribution in [2.75, 3.05) is 13.2 Å². The second kappa shape index (κ2) is 7.82. The fourth-order valence-corrected chi connectivity index (χ4v) is 1.58. The van der Waals surface area contributed by atoms with Gasteiger partial charge in [0.25, 0.3) is 5.91 Å². The molecule has 1 atom stereocenters. The Morgan fingerprint density at radius 2 is 2.33 bits per heavy atom. The average Bonchev–Trinajstić information content (AvgIpc) is 2.37. The van der Waals surface area contributed by atoms with Crippen molar-refractivity contribution in [2.45, 2.75) is 13.0 Å². The Morgan fingerprint density at radius 1 is 1.56 bits per heavy atom. The molecule has 5 nitrogen and oxygen atoms in total. The highest BCUT2D eigenvalue weighted by Crippen LogP contribution is 2.11. The first kappa shape index (κ1) is 14.6. The number of nitrogens with zero attached hydrogens (tertiary/aromatic N) is 1. The van der Waals surface area contributed by atoms with E-state index in [1.807, 2.05) is 12.1 Å². The molecule has 1 aromatic rings. The third-order valence-electron chi connectivity index (χ3n) is 1.98. The lowest BCUT2D eigenvalue weighted by atomic mass is 10.2. The monoisotopic (exact) mass is 312 g/mol. The molecule has 0 aromatic heterocycles. The molecule has 0 aliphatic carbocycles. The number of carbonyl (C=O) groups excluding carboxylic acids is 1. The zero-order valence-corrected chi connectivity index (χ0v) is 11.4. The van der Waals surface area contributed by atoms with Crippen LogP contribution in [0.2, 0.25) is 0 Å². The van der Waals surface area contributed by atoms with E-state index in [0.717, 1.165) is 4.47 Å². The Kier molecular flexibility index (Phi) is 6.36. The quantitative estimate of drug-likeness (QED) is 0.495. The van der Waals surface area contributed by atoms with E-state index in [0.29, 0.717) is 12.2 Å². The van der Waals surface area contributed by atoms with E-state index < -0.39 is 6.04 Å². The Balaban J connectivity index is 2.54. The second-order valence-corrected chi connectivity index (χ2v) is 4.27. The summed E-state index contributed by atoms with van der Waals surface area (Å²) in [4.78, 5) is 21.2. The fraction of sp³-hybridized carbons (Fsp3) is 0.333. The van der Waals surface area contributed by atoms with Gasteiger partial charge in [-0.15, -0.1) is 0 Å². The summed E-state index contributed by atoms with van der Waals surface area (Å²) in [6.45, 7) is 2.14. The van der Waals surface area contributed by atoms with Gasteiger partial charge < -0.3 is 5.32 Å². The van der Waals surface area contributed by atoms with Crippen LogP contribution in [-0.2, 0) is 9.78 Å². The molecule has 0 saturated heterocycles. The Labute approximate surface area is 114 Å². The van der Waals surface area contributed by atoms with E-state index in [2.05, 4.69) is 26.1 Å². The fourth-order valence-electron chi connectivity index (χ4n) is 1.18. The molecule has 0 fully saturated rings. The molecule has 0 heterocycles. The minimum absolute atomic E-state index is 0.00984. The van der Waals surface area contributed by atoms with Crippen molar-refractivity contribution in [3.8, 4) is 6.07 Å². The Hall–Kier alpha value is -1.42. The van der Waals surface area contributed by atoms with E-state index in [9.17, 15) is 4.79 Å². The number of amides is 1. The highest BCUT2D eigenvalue weighted by atomic mass is 79.9. The number of nitriles is 1. The van der Waals surface area contributed by atoms with Crippen LogP contribution in [0.15, 0.2) is 28.7 Å². The molecule has 1 rings (SSSR count). The van der Waals surface area contributed by atoms with Gasteiger partial charge in [0, 0.05) is 10.0 Å². The van der Waals surface area contributed by atoms with Crippen molar-refractivity contribution in [3.63, 3.8) is 0 Å². The maximum absolute atomic E-state index is 11.8. The summed E-state index contributed by atoms with van der Waals surface area (Å²) in [5.74, 6) is -0.331. The molecule has 0 spiro atoms. The Morgan fingerprint density at radius 3 is 2.94 bits per heavy atom. The van der Waals surface area contributed by atoms with Crippen molar-refractivity contribution >= 4 is 21.8 Å². The standard InChI is InChI=1S/C12H13BrN2O3/c1-2-17-18-8-11(7-14)15-12(16)9-4-3-5-10(13)6-9/h3-6,11H,2,8H2,1H3,(H,15,16). The summed E-state index contributed by atoms with van der Waals surface area (Å²) in [6, 6.07) is 8.08. The van der Waals surface area contributed by atoms with Gasteiger partial charge in [-0.1, -0.05) is 22.0 Å². The molecule has 1 unspecified atom stereocenters. The number of nitrogens with one attached hydrogen (secondary N) is 1. The summed E-state index contributed by atoms with van der Waals surface area (Å²) in [5, 5.41) is 11.4. The van der Waals surface area contributed by atoms with Gasteiger partial charge in [-0.2, -0.15) is 5.26 Å². The molecule has 0 bridgehead atoms. The molecule has 0 aliphatic rings. The number of hydrogen-bond donors (Lipinski definition) is 1. The Bertz CT molecular complexity index is 445. The molecule has 18 heavy (non-hydrogen) atoms. The largest absolute Gasteiger partial charge is 0.334 e. The molecule has 6 heteroatoms. The van der Waals surface area contributed by atoms with Gasteiger partial charge in [-0.25, -0.2) is 9.78 Å². The number of rotatable bonds is 6. The lowest BCUT2D eigenvalue weighted by Gasteiger charge is -2.11. The van der Waals surface area contributed by atoms with Crippen LogP contribution < -0.4 is 5.32 Å². The maximum Gasteiger partial charge on any atom is 0.252 e. The lowest BCUT2D eigenvalue weighted by Crippen LogP contribution is -2.37. The van der Waals surface area contributed by atoms with E-state index >= 15 is 0 Å². The van der Waals surface area contributed by atoms with E-state index in [-0.39, 0.29) is 12.5 Å². The number of hydrogen-bond acceptors (Lipinski definition) is 4. The topological polar surface area (TPSA) is 71.3 Å². The van der Waals surface area contributed by atoms with Crippen LogP contribution in [-0.4, -0.2) is 25.2 Å². The molecule has 0 radical (unpaired) electrons. The summed E-state index contributed by atoms with van der Waals surface area (Å²) in [5.41, 5.74) is 0.473. The lowest BCUT2D eigenvalue weighted by molar-refractivity contribution is -0.292. The van der Waals surface area contributed by atoms with Crippen LogP contribution in [0.4, 0.5) is 0 Å². The van der Waals surface area contributed by atoms with Gasteiger partial charge in [0.15, 0.2) is 0 Å². The third kappa shape index (κ3) is 4.84. The predicted molar refractivity (Wildman–Crippen MR) is 68.6 cm³/mol. The molecule has 1 amide bonds. The van der Waals surface area contributed by atoms with Crippen molar-refractivity contribution in [1.82, 2.24) is 5.32 Å². The van der Waals surface area contributed by atoms with E-state index in [1.165, 1.54) is 0 Å². The van der Waals surface area contributed by atoms with Crippen LogP contribution in [0.3, 0.4) is 0 Å². The molecule has 1 N–H and O–H groups in total. The van der Waals surface area contributed by atoms with Gasteiger partial charge in [0.1, 0.15) is 12.6 Å². The minimum Gasteiger partial charge on any atom is -0.334 e. The molecule has 96 valence electrons. The van der Waals surface area contributed by atoms with Gasteiger partial charge in [-0.3, -0.25) is 4.79 Å². The molecular weight excluding hydrogens is 300 g/mol. The van der Waals surface area contributed by atoms with E-state index in [1.54, 1.807) is 25.1 Å². The molecule has 0 saturated carbocycles. The highest BCUT2D eigenvalue weighted by Gasteiger charge is 2.13. The van der Waals surface area contributed by atoms with Gasteiger partial charge in [-0.05, 0) is 25.1 Å². The normalized spacial score (nSPS) is 11.6. The molecule has 0 aliphatic heterocycles. The SMILES string of the molecule is CCOOCC(C#N)NC(=O)c1cccc(Br)c1. The second-order valence-electron chi connectivity index (χ2n) is 3.36. The van der Waals surface area contributed by atoms with Gasteiger partial charge in [0.2, 0.25) is 0 Å². The zero-order valence-electron chi connectivity index (χ0n) is 9.85. The van der Waals surface area contributed by atoms with Crippen LogP contribution in [0.1, 0.15) is 17.3 Å². The van der Waals surface area contributed by atoms with Crippen molar-refractivity contribution in [3.05, 3.63) is 34.3 Å². The number of benzene rings is 1. The average molecular weight is 313 g/mol. The minimum atomic E-state index is -0.747. The predicted octanol–water partition coefficient (Wildman–Crippen LogP) is 2.04. The smallest absolute Gasteiger partial charge is 0.252 e. The van der Waals surface area contributed by atoms with Crippen LogP contribution in [0.25, 0.3) is 0 Å². The van der Waals surface area contributed by atoms with Crippen LogP contribution >= 0.6 is 15.9 Å². The zero-order chi connectivity index (χ0) is 13.4. The summed E-state index contributed by atoms with van der Waals surface area (Å²) in [6.07, 6.45) is 0. The van der Waals surface area contributed by atoms with Gasteiger partial charge >= 0.3 is 0 Å². The first-order chi connectivity index (χ1) is 8.67. The molecular formula is C12H13BrN2O3. The van der Waals surface area contributed by atoms with Crippen molar-refractivity contribution < 1.29 is 14.6 Å². The first-order valence-corrected chi connectivity index (χ1v) is 6.17. The van der Waals surface area contributed by atoms with E-state index in [4.69, 9.17) is 10.1 Å². The maximum atomic E-state index is 11.8.